The van der Waals surface area contributed by atoms with E-state index in [1.54, 1.807) is 45.2 Å². The van der Waals surface area contributed by atoms with Crippen molar-refractivity contribution in [1.29, 1.82) is 5.26 Å². The quantitative estimate of drug-likeness (QED) is 0.434. The lowest BCUT2D eigenvalue weighted by Crippen LogP contribution is -2.14. The highest BCUT2D eigenvalue weighted by Crippen LogP contribution is 2.28. The molecule has 0 aliphatic carbocycles. The number of anilines is 1. The van der Waals surface area contributed by atoms with Crippen molar-refractivity contribution in [2.24, 2.45) is 0 Å². The average Bonchev–Trinajstić information content (AvgIpc) is 3.11. The fourth-order valence-corrected chi connectivity index (χ4v) is 4.22. The number of pyridine rings is 1. The van der Waals surface area contributed by atoms with Gasteiger partial charge in [-0.25, -0.2) is 14.8 Å². The zero-order valence-electron chi connectivity index (χ0n) is 16.5. The maximum atomic E-state index is 12.3. The van der Waals surface area contributed by atoms with E-state index >= 15 is 0 Å². The highest BCUT2D eigenvalue weighted by molar-refractivity contribution is 8.00. The van der Waals surface area contributed by atoms with Crippen LogP contribution in [0.15, 0.2) is 29.3 Å². The van der Waals surface area contributed by atoms with Gasteiger partial charge < -0.3 is 14.8 Å². The van der Waals surface area contributed by atoms with Crippen molar-refractivity contribution in [3.8, 4) is 11.8 Å². The van der Waals surface area contributed by atoms with E-state index in [2.05, 4.69) is 21.4 Å². The number of carbonyl (C=O) groups is 2. The summed E-state index contributed by atoms with van der Waals surface area (Å²) in [4.78, 5) is 33.3. The number of fused-ring (bicyclic) bond motifs is 1. The number of esters is 1. The van der Waals surface area contributed by atoms with Gasteiger partial charge in [-0.15, -0.1) is 0 Å². The van der Waals surface area contributed by atoms with Gasteiger partial charge in [-0.1, -0.05) is 23.1 Å². The van der Waals surface area contributed by atoms with E-state index in [0.717, 1.165) is 28.5 Å². The molecule has 0 unspecified atom stereocenters. The predicted molar refractivity (Wildman–Crippen MR) is 115 cm³/mol. The molecule has 8 nitrogen and oxygen atoms in total. The first-order valence-electron chi connectivity index (χ1n) is 8.91. The molecule has 0 spiro atoms. The fourth-order valence-electron chi connectivity index (χ4n) is 2.58. The minimum Gasteiger partial charge on any atom is -0.497 e. The van der Waals surface area contributed by atoms with Crippen molar-refractivity contribution in [3.63, 3.8) is 0 Å². The van der Waals surface area contributed by atoms with Gasteiger partial charge in [-0.2, -0.15) is 5.26 Å². The van der Waals surface area contributed by atoms with Gasteiger partial charge in [0.25, 0.3) is 0 Å². The maximum Gasteiger partial charge on any atom is 0.350 e. The molecule has 1 aromatic carbocycles. The monoisotopic (exact) mass is 442 g/mol. The molecule has 3 aromatic rings. The first-order valence-corrected chi connectivity index (χ1v) is 10.7. The number of nitrogens with zero attached hydrogens (tertiary/aromatic N) is 3. The van der Waals surface area contributed by atoms with Crippen molar-refractivity contribution in [1.82, 2.24) is 9.97 Å². The number of thioether (sulfide) groups is 1. The Labute approximate surface area is 181 Å². The van der Waals surface area contributed by atoms with Gasteiger partial charge in [0.1, 0.15) is 21.7 Å². The smallest absolute Gasteiger partial charge is 0.350 e. The minimum absolute atomic E-state index is 0.0384. The third-order valence-corrected chi connectivity index (χ3v) is 6.00. The normalized spacial score (nSPS) is 10.5. The van der Waals surface area contributed by atoms with E-state index < -0.39 is 5.97 Å². The van der Waals surface area contributed by atoms with Gasteiger partial charge in [-0.3, -0.25) is 4.79 Å². The summed E-state index contributed by atoms with van der Waals surface area (Å²) in [5.41, 5.74) is 1.58. The van der Waals surface area contributed by atoms with Crippen LogP contribution < -0.4 is 10.1 Å². The van der Waals surface area contributed by atoms with Crippen molar-refractivity contribution < 1.29 is 19.1 Å². The number of nitrogens with one attached hydrogen (secondary N) is 1. The Balaban J connectivity index is 1.70. The molecular weight excluding hydrogens is 424 g/mol. The molecule has 1 amide bonds. The minimum atomic E-state index is -0.460. The van der Waals surface area contributed by atoms with Crippen molar-refractivity contribution in [2.45, 2.75) is 18.9 Å². The van der Waals surface area contributed by atoms with Gasteiger partial charge >= 0.3 is 5.97 Å². The summed E-state index contributed by atoms with van der Waals surface area (Å²) in [6, 6.07) is 9.23. The number of amides is 1. The number of aromatic nitrogens is 2. The molecule has 0 fully saturated rings. The second-order valence-corrected chi connectivity index (χ2v) is 7.97. The molecule has 30 heavy (non-hydrogen) atoms. The maximum absolute atomic E-state index is 12.3. The zero-order valence-corrected chi connectivity index (χ0v) is 18.1. The lowest BCUT2D eigenvalue weighted by molar-refractivity contribution is -0.113. The predicted octanol–water partition coefficient (Wildman–Crippen LogP) is 3.79. The van der Waals surface area contributed by atoms with E-state index in [0.29, 0.717) is 37.6 Å². The number of nitriles is 1. The lowest BCUT2D eigenvalue weighted by atomic mass is 10.1. The topological polar surface area (TPSA) is 114 Å². The molecule has 2 aromatic heterocycles. The number of carbonyl (C=O) groups excluding carboxylic acids is 2. The Hall–Kier alpha value is -3.16. The van der Waals surface area contributed by atoms with Gasteiger partial charge in [-0.05, 0) is 38.1 Å². The van der Waals surface area contributed by atoms with E-state index in [-0.39, 0.29) is 18.3 Å². The molecule has 154 valence electrons. The van der Waals surface area contributed by atoms with Gasteiger partial charge in [0.2, 0.25) is 5.91 Å². The van der Waals surface area contributed by atoms with Crippen LogP contribution in [-0.2, 0) is 9.53 Å². The second kappa shape index (κ2) is 9.56. The average molecular weight is 443 g/mol. The fraction of sp³-hybridized carbons (Fsp3) is 0.250. The van der Waals surface area contributed by atoms with Crippen LogP contribution in [0.1, 0.15) is 27.9 Å². The van der Waals surface area contributed by atoms with Crippen molar-refractivity contribution in [2.75, 3.05) is 24.8 Å². The molecule has 0 atom stereocenters. The van der Waals surface area contributed by atoms with Crippen LogP contribution in [0.4, 0.5) is 5.13 Å². The molecule has 10 heteroatoms. The number of hydrogen-bond donors (Lipinski definition) is 1. The summed E-state index contributed by atoms with van der Waals surface area (Å²) in [6.07, 6.45) is 0. The van der Waals surface area contributed by atoms with Crippen LogP contribution >= 0.6 is 23.1 Å². The number of rotatable bonds is 7. The molecule has 0 bridgehead atoms. The number of hydrogen-bond acceptors (Lipinski definition) is 9. The number of benzene rings is 1. The van der Waals surface area contributed by atoms with E-state index in [1.165, 1.54) is 0 Å². The number of thiazole rings is 1. The molecule has 3 rings (SSSR count). The Morgan fingerprint density at radius 2 is 2.10 bits per heavy atom. The summed E-state index contributed by atoms with van der Waals surface area (Å²) in [5, 5.41) is 13.7. The summed E-state index contributed by atoms with van der Waals surface area (Å²) < 4.78 is 10.2. The highest BCUT2D eigenvalue weighted by atomic mass is 32.2. The Bertz CT molecular complexity index is 1150. The summed E-state index contributed by atoms with van der Waals surface area (Å²) in [5.74, 6) is -0.0620. The SMILES string of the molecule is CCOC(=O)c1sc(NC(=O)CSc2nc3ccc(OC)cc3cc2C#N)nc1C. The highest BCUT2D eigenvalue weighted by Gasteiger charge is 2.18. The first kappa shape index (κ1) is 21.5. The number of ether oxygens (including phenoxy) is 2. The lowest BCUT2D eigenvalue weighted by Gasteiger charge is -2.07. The van der Waals surface area contributed by atoms with E-state index in [9.17, 15) is 14.9 Å². The van der Waals surface area contributed by atoms with Crippen LogP contribution in [0.25, 0.3) is 10.9 Å². The standard InChI is InChI=1S/C20H18N4O4S2/c1-4-28-19(26)17-11(2)22-20(30-17)24-16(25)10-29-18-13(9-21)7-12-8-14(27-3)5-6-15(12)23-18/h5-8H,4,10H2,1-3H3,(H,22,24,25). The van der Waals surface area contributed by atoms with Gasteiger partial charge in [0, 0.05) is 5.39 Å². The van der Waals surface area contributed by atoms with Gasteiger partial charge in [0.15, 0.2) is 5.13 Å². The van der Waals surface area contributed by atoms with E-state index in [4.69, 9.17) is 9.47 Å². The molecule has 0 aliphatic heterocycles. The summed E-state index contributed by atoms with van der Waals surface area (Å²) >= 11 is 2.22. The Morgan fingerprint density at radius 3 is 2.80 bits per heavy atom. The van der Waals surface area contributed by atoms with E-state index in [1.807, 2.05) is 0 Å². The van der Waals surface area contributed by atoms with Crippen molar-refractivity contribution in [3.05, 3.63) is 40.4 Å². The molecule has 0 saturated carbocycles. The number of aryl methyl sites for hydroxylation is 1. The first-order chi connectivity index (χ1) is 14.4. The molecule has 0 radical (unpaired) electrons. The summed E-state index contributed by atoms with van der Waals surface area (Å²) in [6.45, 7) is 3.67. The molecule has 1 N–H and O–H groups in total. The van der Waals surface area contributed by atoms with Crippen LogP contribution in [0.3, 0.4) is 0 Å². The largest absolute Gasteiger partial charge is 0.497 e. The van der Waals surface area contributed by atoms with Gasteiger partial charge in [0.05, 0.1) is 36.2 Å². The van der Waals surface area contributed by atoms with Crippen LogP contribution in [-0.4, -0.2) is 41.3 Å². The molecule has 0 saturated heterocycles. The molecule has 2 heterocycles. The van der Waals surface area contributed by atoms with Crippen LogP contribution in [0.5, 0.6) is 5.75 Å². The summed E-state index contributed by atoms with van der Waals surface area (Å²) in [7, 11) is 1.57. The molecule has 0 aliphatic rings. The third kappa shape index (κ3) is 4.87. The molecular formula is C20H18N4O4S2. The van der Waals surface area contributed by atoms with Crippen LogP contribution in [0.2, 0.25) is 0 Å². The third-order valence-electron chi connectivity index (χ3n) is 3.95. The van der Waals surface area contributed by atoms with Crippen LogP contribution in [0, 0.1) is 18.3 Å². The zero-order chi connectivity index (χ0) is 21.7. The second-order valence-electron chi connectivity index (χ2n) is 6.00. The van der Waals surface area contributed by atoms with Crippen molar-refractivity contribution >= 4 is 51.0 Å². The Morgan fingerprint density at radius 1 is 1.30 bits per heavy atom. The number of methoxy groups -OCH3 is 1. The Kier molecular flexibility index (Phi) is 6.87.